The summed E-state index contributed by atoms with van der Waals surface area (Å²) in [6, 6.07) is 13.8. The summed E-state index contributed by atoms with van der Waals surface area (Å²) in [7, 11) is 0. The molecule has 1 saturated heterocycles. The third-order valence-corrected chi connectivity index (χ3v) is 7.62. The number of pyridine rings is 1. The maximum absolute atomic E-state index is 12.6. The number of aromatic amines is 1. The molecule has 8 heteroatoms. The highest BCUT2D eigenvalue weighted by Gasteiger charge is 2.38. The number of nitrogen functional groups attached to an aromatic ring is 1. The number of hydrogen-bond acceptors (Lipinski definition) is 6. The lowest BCUT2D eigenvalue weighted by Crippen LogP contribution is -2.47. The number of fused-ring (bicyclic) bond motifs is 1. The summed E-state index contributed by atoms with van der Waals surface area (Å²) < 4.78 is 6.04. The Morgan fingerprint density at radius 3 is 3.00 bits per heavy atom. The fourth-order valence-electron chi connectivity index (χ4n) is 5.42. The molecule has 2 aliphatic rings. The summed E-state index contributed by atoms with van der Waals surface area (Å²) >= 11 is 0. The van der Waals surface area contributed by atoms with Gasteiger partial charge in [0, 0.05) is 48.3 Å². The number of benzene rings is 1. The number of anilines is 1. The van der Waals surface area contributed by atoms with Crippen LogP contribution in [-0.4, -0.2) is 63.8 Å². The van der Waals surface area contributed by atoms with Crippen molar-refractivity contribution < 1.29 is 14.6 Å². The van der Waals surface area contributed by atoms with Crippen molar-refractivity contribution in [1.82, 2.24) is 20.2 Å². The predicted molar refractivity (Wildman–Crippen MR) is 136 cm³/mol. The highest BCUT2D eigenvalue weighted by atomic mass is 16.5. The molecule has 0 bridgehead atoms. The van der Waals surface area contributed by atoms with Crippen LogP contribution in [-0.2, 0) is 4.74 Å². The molecule has 5 rings (SSSR count). The third kappa shape index (κ3) is 5.50. The minimum Gasteiger partial charge on any atom is -0.390 e. The van der Waals surface area contributed by atoms with E-state index in [1.165, 1.54) is 0 Å². The number of amides is 1. The molecule has 2 aromatic heterocycles. The van der Waals surface area contributed by atoms with Gasteiger partial charge >= 0.3 is 0 Å². The van der Waals surface area contributed by atoms with Crippen molar-refractivity contribution in [1.29, 1.82) is 0 Å². The number of aliphatic hydroxyl groups is 1. The molecule has 4 atom stereocenters. The molecule has 5 N–H and O–H groups in total. The zero-order valence-electron chi connectivity index (χ0n) is 20.2. The molecule has 0 radical (unpaired) electrons. The Balaban J connectivity index is 1.11. The Hall–Kier alpha value is -2.94. The number of H-pyrrole nitrogens is 1. The van der Waals surface area contributed by atoms with Gasteiger partial charge in [0.2, 0.25) is 0 Å². The summed E-state index contributed by atoms with van der Waals surface area (Å²) in [5, 5.41) is 15.4. The SMILES string of the molecule is C[C@H]1CO[C@@H](c2ccc(N)nc2)CN1CC[C@]1(O)CC[C@@H](CNC(=O)c2cc3ccccc3[nH]2)C1. The van der Waals surface area contributed by atoms with Gasteiger partial charge in [-0.25, -0.2) is 4.98 Å². The van der Waals surface area contributed by atoms with Crippen LogP contribution in [0.25, 0.3) is 10.9 Å². The van der Waals surface area contributed by atoms with Crippen molar-refractivity contribution in [2.45, 2.75) is 50.4 Å². The molecule has 0 unspecified atom stereocenters. The lowest BCUT2D eigenvalue weighted by molar-refractivity contribution is -0.0693. The number of nitrogens with zero attached hydrogens (tertiary/aromatic N) is 2. The summed E-state index contributed by atoms with van der Waals surface area (Å²) in [4.78, 5) is 22.4. The summed E-state index contributed by atoms with van der Waals surface area (Å²) in [6.07, 6.45) is 4.87. The molecule has 186 valence electrons. The van der Waals surface area contributed by atoms with Gasteiger partial charge in [0.1, 0.15) is 11.5 Å². The Kier molecular flexibility index (Phi) is 6.77. The van der Waals surface area contributed by atoms with E-state index in [4.69, 9.17) is 10.5 Å². The summed E-state index contributed by atoms with van der Waals surface area (Å²) in [5.74, 6) is 0.691. The van der Waals surface area contributed by atoms with Crippen molar-refractivity contribution in [3.8, 4) is 0 Å². The van der Waals surface area contributed by atoms with Crippen LogP contribution in [0.2, 0.25) is 0 Å². The first-order valence-corrected chi connectivity index (χ1v) is 12.5. The van der Waals surface area contributed by atoms with Crippen molar-refractivity contribution >= 4 is 22.6 Å². The fraction of sp³-hybridized carbons (Fsp3) is 0.481. The van der Waals surface area contributed by atoms with Crippen LogP contribution < -0.4 is 11.1 Å². The average molecular weight is 478 g/mol. The highest BCUT2D eigenvalue weighted by Crippen LogP contribution is 2.37. The molecule has 1 saturated carbocycles. The van der Waals surface area contributed by atoms with Gasteiger partial charge in [-0.3, -0.25) is 9.69 Å². The number of morpholine rings is 1. The largest absolute Gasteiger partial charge is 0.390 e. The lowest BCUT2D eigenvalue weighted by atomic mass is 9.95. The zero-order valence-corrected chi connectivity index (χ0v) is 20.2. The quantitative estimate of drug-likeness (QED) is 0.415. The molecule has 1 aliphatic heterocycles. The van der Waals surface area contributed by atoms with Gasteiger partial charge < -0.3 is 25.9 Å². The third-order valence-electron chi connectivity index (χ3n) is 7.62. The minimum atomic E-state index is -0.688. The maximum Gasteiger partial charge on any atom is 0.267 e. The van der Waals surface area contributed by atoms with Crippen LogP contribution in [0.15, 0.2) is 48.7 Å². The predicted octanol–water partition coefficient (Wildman–Crippen LogP) is 3.26. The second-order valence-electron chi connectivity index (χ2n) is 10.2. The minimum absolute atomic E-state index is 0.0369. The van der Waals surface area contributed by atoms with E-state index in [1.807, 2.05) is 36.4 Å². The van der Waals surface area contributed by atoms with Gasteiger partial charge in [-0.15, -0.1) is 0 Å². The van der Waals surface area contributed by atoms with Crippen LogP contribution >= 0.6 is 0 Å². The van der Waals surface area contributed by atoms with Gasteiger partial charge in [0.25, 0.3) is 5.91 Å². The van der Waals surface area contributed by atoms with Crippen LogP contribution in [0.3, 0.4) is 0 Å². The molecule has 3 heterocycles. The lowest BCUT2D eigenvalue weighted by Gasteiger charge is -2.39. The Morgan fingerprint density at radius 1 is 1.34 bits per heavy atom. The van der Waals surface area contributed by atoms with E-state index < -0.39 is 5.60 Å². The molecule has 1 amide bonds. The molecular weight excluding hydrogens is 442 g/mol. The van der Waals surface area contributed by atoms with Gasteiger partial charge in [0.15, 0.2) is 0 Å². The molecule has 0 spiro atoms. The van der Waals surface area contributed by atoms with Crippen LogP contribution in [0, 0.1) is 5.92 Å². The van der Waals surface area contributed by atoms with Gasteiger partial charge in [-0.2, -0.15) is 0 Å². The van der Waals surface area contributed by atoms with Crippen LogP contribution in [0.5, 0.6) is 0 Å². The van der Waals surface area contributed by atoms with E-state index in [-0.39, 0.29) is 17.9 Å². The van der Waals surface area contributed by atoms with Crippen molar-refractivity contribution in [3.05, 3.63) is 59.9 Å². The molecular formula is C27H35N5O3. The van der Waals surface area contributed by atoms with Crippen molar-refractivity contribution in [2.24, 2.45) is 5.92 Å². The summed E-state index contributed by atoms with van der Waals surface area (Å²) in [5.41, 5.74) is 7.59. The fourth-order valence-corrected chi connectivity index (χ4v) is 5.42. The summed E-state index contributed by atoms with van der Waals surface area (Å²) in [6.45, 7) is 4.98. The number of hydrogen-bond donors (Lipinski definition) is 4. The number of carbonyl (C=O) groups excluding carboxylic acids is 1. The molecule has 1 aliphatic carbocycles. The Bertz CT molecular complexity index is 1130. The molecule has 2 fully saturated rings. The number of carbonyl (C=O) groups is 1. The number of aromatic nitrogens is 2. The van der Waals surface area contributed by atoms with E-state index in [1.54, 1.807) is 12.3 Å². The topological polar surface area (TPSA) is 116 Å². The first kappa shape index (κ1) is 23.8. The van der Waals surface area contributed by atoms with E-state index in [2.05, 4.69) is 27.1 Å². The van der Waals surface area contributed by atoms with E-state index in [0.717, 1.165) is 48.8 Å². The Morgan fingerprint density at radius 2 is 2.20 bits per heavy atom. The Labute approximate surface area is 205 Å². The number of nitrogens with two attached hydrogens (primary N) is 1. The zero-order chi connectivity index (χ0) is 24.4. The second kappa shape index (κ2) is 9.97. The standard InChI is InChI=1S/C27H35N5O3/c1-18-17-35-24(21-6-7-25(28)29-15-21)16-32(18)11-10-27(34)9-8-19(13-27)14-30-26(33)23-12-20-4-2-3-5-22(20)31-23/h2-7,12,15,18-19,24,31,34H,8-11,13-14,16-17H2,1H3,(H2,28,29)(H,30,33)/t18-,19+,24+,27+/m0/s1. The molecule has 3 aromatic rings. The molecule has 35 heavy (non-hydrogen) atoms. The van der Waals surface area contributed by atoms with E-state index in [0.29, 0.717) is 37.1 Å². The van der Waals surface area contributed by atoms with Gasteiger partial charge in [-0.1, -0.05) is 24.3 Å². The highest BCUT2D eigenvalue weighted by molar-refractivity contribution is 5.97. The van der Waals surface area contributed by atoms with Gasteiger partial charge in [0.05, 0.1) is 18.3 Å². The first-order valence-electron chi connectivity index (χ1n) is 12.5. The monoisotopic (exact) mass is 477 g/mol. The second-order valence-corrected chi connectivity index (χ2v) is 10.2. The number of ether oxygens (including phenoxy) is 1. The number of nitrogens with one attached hydrogen (secondary N) is 2. The van der Waals surface area contributed by atoms with Gasteiger partial charge in [-0.05, 0) is 56.7 Å². The van der Waals surface area contributed by atoms with Crippen LogP contribution in [0.4, 0.5) is 5.82 Å². The molecule has 8 nitrogen and oxygen atoms in total. The smallest absolute Gasteiger partial charge is 0.267 e. The first-order chi connectivity index (χ1) is 16.9. The normalized spacial score (nSPS) is 27.3. The molecule has 1 aromatic carbocycles. The van der Waals surface area contributed by atoms with E-state index in [9.17, 15) is 9.90 Å². The van der Waals surface area contributed by atoms with E-state index >= 15 is 0 Å². The number of para-hydroxylation sites is 1. The maximum atomic E-state index is 12.6. The van der Waals surface area contributed by atoms with Crippen molar-refractivity contribution in [3.63, 3.8) is 0 Å². The average Bonchev–Trinajstić information content (AvgIpc) is 3.47. The van der Waals surface area contributed by atoms with Crippen molar-refractivity contribution in [2.75, 3.05) is 32.0 Å². The number of rotatable bonds is 7. The van der Waals surface area contributed by atoms with Crippen LogP contribution in [0.1, 0.15) is 54.8 Å².